The van der Waals surface area contributed by atoms with Crippen molar-refractivity contribution in [3.63, 3.8) is 0 Å². The fourth-order valence-corrected chi connectivity index (χ4v) is 4.07. The number of ether oxygens (including phenoxy) is 1. The van der Waals surface area contributed by atoms with Gasteiger partial charge in [0.05, 0.1) is 6.10 Å². The van der Waals surface area contributed by atoms with Crippen LogP contribution >= 0.6 is 0 Å². The molecule has 1 aromatic heterocycles. The largest absolute Gasteiger partial charge is 0.365 e. The quantitative estimate of drug-likeness (QED) is 0.815. The van der Waals surface area contributed by atoms with Gasteiger partial charge in [0.15, 0.2) is 5.82 Å². The molecule has 0 radical (unpaired) electrons. The average Bonchev–Trinajstić information content (AvgIpc) is 3.10. The van der Waals surface area contributed by atoms with Crippen LogP contribution in [0.25, 0.3) is 0 Å². The maximum absolute atomic E-state index is 12.8. The Morgan fingerprint density at radius 1 is 1.36 bits per heavy atom. The van der Waals surface area contributed by atoms with E-state index in [4.69, 9.17) is 9.26 Å². The van der Waals surface area contributed by atoms with Gasteiger partial charge in [-0.15, -0.1) is 0 Å². The highest BCUT2D eigenvalue weighted by Crippen LogP contribution is 2.28. The monoisotopic (exact) mass is 349 g/mol. The molecule has 6 heteroatoms. The van der Waals surface area contributed by atoms with Crippen molar-refractivity contribution in [2.45, 2.75) is 83.8 Å². The lowest BCUT2D eigenvalue weighted by Crippen LogP contribution is -2.45. The summed E-state index contributed by atoms with van der Waals surface area (Å²) in [5.74, 6) is 2.38. The molecule has 1 aliphatic heterocycles. The van der Waals surface area contributed by atoms with Gasteiger partial charge in [0.2, 0.25) is 5.89 Å². The van der Waals surface area contributed by atoms with Crippen LogP contribution in [-0.4, -0.2) is 46.2 Å². The number of aromatic nitrogens is 2. The van der Waals surface area contributed by atoms with Crippen molar-refractivity contribution in [2.24, 2.45) is 5.92 Å². The zero-order chi connectivity index (χ0) is 17.8. The van der Waals surface area contributed by atoms with Crippen LogP contribution in [0.4, 0.5) is 0 Å². The summed E-state index contributed by atoms with van der Waals surface area (Å²) in [4.78, 5) is 19.2. The second-order valence-corrected chi connectivity index (χ2v) is 7.70. The zero-order valence-electron chi connectivity index (χ0n) is 15.7. The van der Waals surface area contributed by atoms with Crippen molar-refractivity contribution in [3.8, 4) is 0 Å². The number of hydrogen-bond donors (Lipinski definition) is 0. The third-order valence-electron chi connectivity index (χ3n) is 5.52. The number of amides is 1. The molecule has 4 atom stereocenters. The van der Waals surface area contributed by atoms with Crippen molar-refractivity contribution in [2.75, 3.05) is 13.1 Å². The number of piperidine rings is 1. The summed E-state index contributed by atoms with van der Waals surface area (Å²) in [6.45, 7) is 7.62. The molecule has 0 N–H and O–H groups in total. The van der Waals surface area contributed by atoms with Gasteiger partial charge in [0.1, 0.15) is 6.10 Å². The van der Waals surface area contributed by atoms with Gasteiger partial charge in [-0.1, -0.05) is 31.8 Å². The third-order valence-corrected chi connectivity index (χ3v) is 5.52. The van der Waals surface area contributed by atoms with E-state index >= 15 is 0 Å². The number of hydrogen-bond acceptors (Lipinski definition) is 5. The first-order valence-electron chi connectivity index (χ1n) is 9.83. The topological polar surface area (TPSA) is 68.5 Å². The molecule has 1 aromatic rings. The van der Waals surface area contributed by atoms with Crippen molar-refractivity contribution >= 4 is 5.91 Å². The maximum Gasteiger partial charge on any atom is 0.251 e. The van der Waals surface area contributed by atoms with Crippen molar-refractivity contribution in [3.05, 3.63) is 11.7 Å². The van der Waals surface area contributed by atoms with Crippen LogP contribution in [0.3, 0.4) is 0 Å². The van der Waals surface area contributed by atoms with Crippen LogP contribution in [0.1, 0.15) is 76.9 Å². The molecule has 1 aliphatic carbocycles. The third kappa shape index (κ3) is 4.60. The molecule has 0 bridgehead atoms. The van der Waals surface area contributed by atoms with Gasteiger partial charge in [-0.05, 0) is 38.5 Å². The predicted molar refractivity (Wildman–Crippen MR) is 94.2 cm³/mol. The van der Waals surface area contributed by atoms with E-state index in [1.165, 1.54) is 12.8 Å². The second-order valence-electron chi connectivity index (χ2n) is 7.70. The van der Waals surface area contributed by atoms with Crippen LogP contribution in [0.15, 0.2) is 4.52 Å². The molecular weight excluding hydrogens is 318 g/mol. The SMILES string of the molecule is CCc1nc([C@@H]2CCCN(C(=O)[C@H](C)O[C@@H]3CCC[C@H](C)C3)C2)no1. The van der Waals surface area contributed by atoms with Crippen LogP contribution in [0.5, 0.6) is 0 Å². The molecular formula is C19H31N3O3. The lowest BCUT2D eigenvalue weighted by atomic mass is 9.88. The summed E-state index contributed by atoms with van der Waals surface area (Å²) in [7, 11) is 0. The van der Waals surface area contributed by atoms with E-state index in [0.29, 0.717) is 18.4 Å². The van der Waals surface area contributed by atoms with E-state index in [9.17, 15) is 4.79 Å². The summed E-state index contributed by atoms with van der Waals surface area (Å²) in [5, 5.41) is 4.10. The summed E-state index contributed by atoms with van der Waals surface area (Å²) in [6, 6.07) is 0. The van der Waals surface area contributed by atoms with Gasteiger partial charge in [0, 0.05) is 25.4 Å². The molecule has 1 saturated heterocycles. The number of carbonyl (C=O) groups is 1. The predicted octanol–water partition coefficient (Wildman–Crippen LogP) is 3.32. The van der Waals surface area contributed by atoms with E-state index in [1.807, 2.05) is 18.7 Å². The zero-order valence-corrected chi connectivity index (χ0v) is 15.7. The van der Waals surface area contributed by atoms with Crippen LogP contribution in [0, 0.1) is 5.92 Å². The Morgan fingerprint density at radius 3 is 2.92 bits per heavy atom. The molecule has 2 aliphatic rings. The van der Waals surface area contributed by atoms with Crippen molar-refractivity contribution < 1.29 is 14.1 Å². The molecule has 2 heterocycles. The van der Waals surface area contributed by atoms with Crippen LogP contribution in [-0.2, 0) is 16.0 Å². The van der Waals surface area contributed by atoms with Crippen molar-refractivity contribution in [1.82, 2.24) is 15.0 Å². The maximum atomic E-state index is 12.8. The lowest BCUT2D eigenvalue weighted by Gasteiger charge is -2.35. The average molecular weight is 349 g/mol. The summed E-state index contributed by atoms with van der Waals surface area (Å²) < 4.78 is 11.3. The van der Waals surface area contributed by atoms with E-state index < -0.39 is 0 Å². The fourth-order valence-electron chi connectivity index (χ4n) is 4.07. The van der Waals surface area contributed by atoms with Gasteiger partial charge in [-0.25, -0.2) is 0 Å². The Bertz CT molecular complexity index is 574. The molecule has 6 nitrogen and oxygen atoms in total. The Morgan fingerprint density at radius 2 is 2.20 bits per heavy atom. The van der Waals surface area contributed by atoms with Gasteiger partial charge in [0.25, 0.3) is 5.91 Å². The van der Waals surface area contributed by atoms with Crippen molar-refractivity contribution in [1.29, 1.82) is 0 Å². The minimum absolute atomic E-state index is 0.0992. The first kappa shape index (κ1) is 18.4. The Hall–Kier alpha value is -1.43. The number of aryl methyl sites for hydroxylation is 1. The summed E-state index contributed by atoms with van der Waals surface area (Å²) >= 11 is 0. The minimum atomic E-state index is -0.370. The molecule has 0 aromatic carbocycles. The van der Waals surface area contributed by atoms with Gasteiger partial charge >= 0.3 is 0 Å². The minimum Gasteiger partial charge on any atom is -0.365 e. The van der Waals surface area contributed by atoms with E-state index in [-0.39, 0.29) is 24.0 Å². The number of rotatable bonds is 5. The van der Waals surface area contributed by atoms with E-state index in [0.717, 1.165) is 44.5 Å². The summed E-state index contributed by atoms with van der Waals surface area (Å²) in [5.41, 5.74) is 0. The number of carbonyl (C=O) groups excluding carboxylic acids is 1. The first-order valence-corrected chi connectivity index (χ1v) is 9.83. The highest BCUT2D eigenvalue weighted by atomic mass is 16.5. The first-order chi connectivity index (χ1) is 12.1. The molecule has 1 saturated carbocycles. The van der Waals surface area contributed by atoms with E-state index in [2.05, 4.69) is 17.1 Å². The normalized spacial score (nSPS) is 28.8. The Labute approximate surface area is 150 Å². The molecule has 3 rings (SSSR count). The fraction of sp³-hybridized carbons (Fsp3) is 0.842. The Kier molecular flexibility index (Phi) is 6.10. The number of nitrogens with zero attached hydrogens (tertiary/aromatic N) is 3. The molecule has 2 fully saturated rings. The molecule has 0 spiro atoms. The standard InChI is InChI=1S/C19H31N3O3/c1-4-17-20-18(21-25-17)15-8-6-10-22(12-15)19(23)14(3)24-16-9-5-7-13(2)11-16/h13-16H,4-12H2,1-3H3/t13-,14-,15+,16+/m0/s1. The van der Waals surface area contributed by atoms with Crippen LogP contribution in [0.2, 0.25) is 0 Å². The van der Waals surface area contributed by atoms with Gasteiger partial charge in [-0.3, -0.25) is 4.79 Å². The van der Waals surface area contributed by atoms with Gasteiger partial charge < -0.3 is 14.2 Å². The van der Waals surface area contributed by atoms with Crippen LogP contribution < -0.4 is 0 Å². The summed E-state index contributed by atoms with van der Waals surface area (Å²) in [6.07, 6.45) is 7.21. The second kappa shape index (κ2) is 8.30. The van der Waals surface area contributed by atoms with Gasteiger partial charge in [-0.2, -0.15) is 4.98 Å². The number of likely N-dealkylation sites (tertiary alicyclic amines) is 1. The molecule has 1 amide bonds. The molecule has 25 heavy (non-hydrogen) atoms. The highest BCUT2D eigenvalue weighted by Gasteiger charge is 2.32. The highest BCUT2D eigenvalue weighted by molar-refractivity contribution is 5.80. The molecule has 0 unspecified atom stereocenters. The smallest absolute Gasteiger partial charge is 0.251 e. The lowest BCUT2D eigenvalue weighted by molar-refractivity contribution is -0.149. The van der Waals surface area contributed by atoms with E-state index in [1.54, 1.807) is 0 Å². The Balaban J connectivity index is 1.55. The molecule has 140 valence electrons.